The summed E-state index contributed by atoms with van der Waals surface area (Å²) in [6.07, 6.45) is 12.7. The third-order valence-corrected chi connectivity index (χ3v) is 6.35. The topological polar surface area (TPSA) is 148 Å². The third-order valence-electron chi connectivity index (χ3n) is 6.35. The van der Waals surface area contributed by atoms with E-state index in [0.29, 0.717) is 11.5 Å². The summed E-state index contributed by atoms with van der Waals surface area (Å²) in [5.41, 5.74) is 9.06. The van der Waals surface area contributed by atoms with Gasteiger partial charge >= 0.3 is 0 Å². The van der Waals surface area contributed by atoms with Crippen molar-refractivity contribution in [1.82, 2.24) is 40.4 Å². The Morgan fingerprint density at radius 3 is 1.62 bits per heavy atom. The molecule has 0 amide bonds. The number of aromatic nitrogens is 8. The van der Waals surface area contributed by atoms with E-state index < -0.39 is 0 Å². The minimum atomic E-state index is 0.321. The van der Waals surface area contributed by atoms with Crippen LogP contribution in [0.4, 0.5) is 5.82 Å². The summed E-state index contributed by atoms with van der Waals surface area (Å²) in [5.74, 6) is 0.321. The Hall–Kier alpha value is -7.98. The Bertz CT molecular complexity index is 2000. The largest absolute Gasteiger partial charge is 0.379 e. The van der Waals surface area contributed by atoms with Gasteiger partial charge in [0.1, 0.15) is 5.65 Å². The van der Waals surface area contributed by atoms with Crippen molar-refractivity contribution in [3.8, 4) is 11.3 Å². The lowest BCUT2D eigenvalue weighted by atomic mass is 10.2. The van der Waals surface area contributed by atoms with E-state index in [1.807, 2.05) is 134 Å². The number of anilines is 1. The van der Waals surface area contributed by atoms with Crippen LogP contribution in [0.3, 0.4) is 0 Å². The number of fused-ring (bicyclic) bond motifs is 3. The standard InChI is InChI=1S/C9H7N.C8H7N3O.2C7H6N2.C5H5N.5C2H4/c1-2-4-9-7-10-6-5-8(9)3-1;9-8-7(10-12-11-8)6-4-2-1-3-5-6;1-2-6-3-5-9-7(6)8-4-1;1-2-4-7-6(3-1)5-8-9-7;1-2-4-6-5-3-1;5*1-2/h1-7H;1-5H,(H2,9,11);2*1-5H,(H,8,9);1-5H;5*1-2H2. The number of nitrogen functional groups attached to an aromatic ring is 1. The fourth-order valence-corrected chi connectivity index (χ4v) is 4.10. The molecule has 0 spiro atoms. The van der Waals surface area contributed by atoms with E-state index in [2.05, 4.69) is 123 Å². The summed E-state index contributed by atoms with van der Waals surface area (Å²) in [4.78, 5) is 14.9. The number of nitrogens with one attached hydrogen (secondary N) is 2. The normalized spacial score (nSPS) is 8.43. The molecule has 0 fully saturated rings. The van der Waals surface area contributed by atoms with E-state index in [9.17, 15) is 0 Å². The summed E-state index contributed by atoms with van der Waals surface area (Å²) in [6.45, 7) is 30.0. The molecule has 0 saturated carbocycles. The van der Waals surface area contributed by atoms with Gasteiger partial charge in [0.2, 0.25) is 0 Å². The Morgan fingerprint density at radius 1 is 0.482 bits per heavy atom. The van der Waals surface area contributed by atoms with Gasteiger partial charge in [0.05, 0.1) is 11.7 Å². The number of nitrogens with zero attached hydrogens (tertiary/aromatic N) is 6. The van der Waals surface area contributed by atoms with Gasteiger partial charge in [-0.25, -0.2) is 9.61 Å². The van der Waals surface area contributed by atoms with E-state index in [1.54, 1.807) is 18.6 Å². The maximum Gasteiger partial charge on any atom is 0.196 e. The summed E-state index contributed by atoms with van der Waals surface area (Å²) < 4.78 is 4.47. The molecule has 10 nitrogen and oxygen atoms in total. The van der Waals surface area contributed by atoms with Crippen molar-refractivity contribution in [2.75, 3.05) is 5.73 Å². The van der Waals surface area contributed by atoms with Gasteiger partial charge in [-0.1, -0.05) is 78.9 Å². The summed E-state index contributed by atoms with van der Waals surface area (Å²) in [5, 5.41) is 18.7. The van der Waals surface area contributed by atoms with Crippen molar-refractivity contribution in [3.63, 3.8) is 0 Å². The molecule has 6 heterocycles. The van der Waals surface area contributed by atoms with Crippen molar-refractivity contribution in [2.24, 2.45) is 0 Å². The predicted molar refractivity (Wildman–Crippen MR) is 239 cm³/mol. The fourth-order valence-electron chi connectivity index (χ4n) is 4.10. The lowest BCUT2D eigenvalue weighted by Crippen LogP contribution is -1.87. The molecule has 10 heteroatoms. The first-order valence-corrected chi connectivity index (χ1v) is 16.8. The van der Waals surface area contributed by atoms with Gasteiger partial charge in [-0.3, -0.25) is 15.1 Å². The van der Waals surface area contributed by atoms with Crippen molar-refractivity contribution in [3.05, 3.63) is 230 Å². The zero-order valence-corrected chi connectivity index (χ0v) is 31.8. The van der Waals surface area contributed by atoms with Crippen molar-refractivity contribution in [2.45, 2.75) is 0 Å². The van der Waals surface area contributed by atoms with Crippen LogP contribution in [0.5, 0.6) is 0 Å². The second-order valence-electron chi connectivity index (χ2n) is 9.49. The van der Waals surface area contributed by atoms with Crippen molar-refractivity contribution >= 4 is 38.5 Å². The number of H-pyrrole nitrogens is 2. The average molecular weight is 746 g/mol. The van der Waals surface area contributed by atoms with Gasteiger partial charge in [-0.05, 0) is 63.6 Å². The molecule has 4 N–H and O–H groups in total. The molecule has 0 atom stereocenters. The maximum atomic E-state index is 5.51. The number of nitrogens with two attached hydrogens (primary N) is 1. The van der Waals surface area contributed by atoms with Gasteiger partial charge in [-0.15, -0.1) is 65.8 Å². The lowest BCUT2D eigenvalue weighted by molar-refractivity contribution is 0.310. The molecular formula is C46H51N9O. The second-order valence-corrected chi connectivity index (χ2v) is 9.49. The molecule has 9 aromatic rings. The van der Waals surface area contributed by atoms with Crippen LogP contribution >= 0.6 is 0 Å². The molecule has 0 unspecified atom stereocenters. The zero-order valence-electron chi connectivity index (χ0n) is 31.8. The van der Waals surface area contributed by atoms with Crippen LogP contribution < -0.4 is 5.73 Å². The van der Waals surface area contributed by atoms with Crippen LogP contribution in [-0.4, -0.2) is 40.4 Å². The molecule has 3 aromatic carbocycles. The molecule has 0 aliphatic carbocycles. The lowest BCUT2D eigenvalue weighted by Gasteiger charge is -1.92. The molecule has 56 heavy (non-hydrogen) atoms. The van der Waals surface area contributed by atoms with E-state index >= 15 is 0 Å². The highest BCUT2D eigenvalue weighted by atomic mass is 16.6. The third kappa shape index (κ3) is 18.0. The van der Waals surface area contributed by atoms with Crippen molar-refractivity contribution < 1.29 is 4.63 Å². The minimum absolute atomic E-state index is 0.321. The number of hydrogen-bond donors (Lipinski definition) is 3. The summed E-state index contributed by atoms with van der Waals surface area (Å²) >= 11 is 0. The van der Waals surface area contributed by atoms with Gasteiger partial charge < -0.3 is 10.7 Å². The van der Waals surface area contributed by atoms with E-state index in [4.69, 9.17) is 5.73 Å². The maximum absolute atomic E-state index is 5.51. The number of hydrogen-bond acceptors (Lipinski definition) is 8. The smallest absolute Gasteiger partial charge is 0.196 e. The molecular weight excluding hydrogens is 695 g/mol. The number of para-hydroxylation sites is 1. The number of rotatable bonds is 1. The predicted octanol–water partition coefficient (Wildman–Crippen LogP) is 11.8. The van der Waals surface area contributed by atoms with Gasteiger partial charge in [0.25, 0.3) is 0 Å². The molecule has 9 rings (SSSR count). The van der Waals surface area contributed by atoms with E-state index in [-0.39, 0.29) is 0 Å². The van der Waals surface area contributed by atoms with Gasteiger partial charge in [0.15, 0.2) is 11.5 Å². The van der Waals surface area contributed by atoms with Crippen LogP contribution in [0.15, 0.2) is 235 Å². The summed E-state index contributed by atoms with van der Waals surface area (Å²) in [6, 6.07) is 39.4. The molecule has 0 saturated heterocycles. The fraction of sp³-hybridized carbons (Fsp3) is 0. The highest BCUT2D eigenvalue weighted by Crippen LogP contribution is 2.20. The number of pyridine rings is 3. The van der Waals surface area contributed by atoms with Crippen LogP contribution in [0.1, 0.15) is 0 Å². The Labute approximate surface area is 330 Å². The highest BCUT2D eigenvalue weighted by Gasteiger charge is 2.06. The minimum Gasteiger partial charge on any atom is -0.379 e. The van der Waals surface area contributed by atoms with Crippen LogP contribution in [-0.2, 0) is 0 Å². The van der Waals surface area contributed by atoms with Crippen LogP contribution in [0.25, 0.3) is 44.0 Å². The monoisotopic (exact) mass is 745 g/mol. The first-order chi connectivity index (χ1) is 27.8. The molecule has 0 aliphatic heterocycles. The van der Waals surface area contributed by atoms with E-state index in [1.165, 1.54) is 10.8 Å². The Morgan fingerprint density at radius 2 is 1.07 bits per heavy atom. The Kier molecular flexibility index (Phi) is 28.2. The highest BCUT2D eigenvalue weighted by molar-refractivity contribution is 5.81. The SMILES string of the molecule is C=C.C=C.C=C.C=C.C=C.Nc1nonc1-c1ccccc1.c1ccc2[nH]ncc2c1.c1ccc2cnccc2c1.c1ccncc1.c1cnc2[nH]ccc2c1. The molecule has 0 aliphatic rings. The molecule has 6 aromatic heterocycles. The summed E-state index contributed by atoms with van der Waals surface area (Å²) in [7, 11) is 0. The average Bonchev–Trinajstić information content (AvgIpc) is 4.11. The Balaban J connectivity index is 0.000000645. The van der Waals surface area contributed by atoms with Gasteiger partial charge in [-0.2, -0.15) is 5.10 Å². The van der Waals surface area contributed by atoms with Crippen LogP contribution in [0, 0.1) is 0 Å². The van der Waals surface area contributed by atoms with Crippen LogP contribution in [0.2, 0.25) is 0 Å². The number of aromatic amines is 2. The van der Waals surface area contributed by atoms with Gasteiger partial charge in [0, 0.05) is 53.5 Å². The number of benzene rings is 3. The quantitative estimate of drug-likeness (QED) is 0.141. The van der Waals surface area contributed by atoms with E-state index in [0.717, 1.165) is 27.5 Å². The molecule has 0 radical (unpaired) electrons. The first-order valence-electron chi connectivity index (χ1n) is 16.8. The molecule has 0 bridgehead atoms. The zero-order chi connectivity index (χ0) is 41.7. The molecule has 286 valence electrons. The second kappa shape index (κ2) is 32.9. The first kappa shape index (κ1) is 48.0. The van der Waals surface area contributed by atoms with Crippen molar-refractivity contribution in [1.29, 1.82) is 0 Å².